The maximum Gasteiger partial charge on any atom is 0.144 e. The summed E-state index contributed by atoms with van der Waals surface area (Å²) in [4.78, 5) is 9.76. The minimum Gasteiger partial charge on any atom is -0.507 e. The van der Waals surface area contributed by atoms with Crippen LogP contribution in [0.25, 0.3) is 71.9 Å². The van der Waals surface area contributed by atoms with Crippen LogP contribution >= 0.6 is 0 Å². The molecular formula is C34H20N3OPt-. The van der Waals surface area contributed by atoms with Gasteiger partial charge in [-0.3, -0.25) is 4.98 Å². The summed E-state index contributed by atoms with van der Waals surface area (Å²) >= 11 is 0. The molecule has 8 aromatic rings. The fourth-order valence-corrected chi connectivity index (χ4v) is 5.65. The Morgan fingerprint density at radius 3 is 2.23 bits per heavy atom. The Labute approximate surface area is 238 Å². The minimum absolute atomic E-state index is 0. The van der Waals surface area contributed by atoms with Crippen LogP contribution in [0.5, 0.6) is 5.75 Å². The van der Waals surface area contributed by atoms with E-state index in [4.69, 9.17) is 9.97 Å². The maximum absolute atomic E-state index is 10.6. The van der Waals surface area contributed by atoms with Crippen molar-refractivity contribution < 1.29 is 26.2 Å². The van der Waals surface area contributed by atoms with Crippen molar-refractivity contribution in [2.75, 3.05) is 0 Å². The largest absolute Gasteiger partial charge is 0.507 e. The van der Waals surface area contributed by atoms with Gasteiger partial charge in [-0.2, -0.15) is 0 Å². The number of phenols is 1. The van der Waals surface area contributed by atoms with Crippen molar-refractivity contribution in [3.05, 3.63) is 121 Å². The number of aromatic nitrogens is 3. The molecule has 0 saturated carbocycles. The fourth-order valence-electron chi connectivity index (χ4n) is 5.65. The van der Waals surface area contributed by atoms with E-state index in [0.29, 0.717) is 11.3 Å². The number of nitrogens with zero attached hydrogens (tertiary/aromatic N) is 3. The molecule has 0 saturated heterocycles. The van der Waals surface area contributed by atoms with E-state index < -0.39 is 0 Å². The summed E-state index contributed by atoms with van der Waals surface area (Å²) in [5, 5.41) is 15.3. The quantitative estimate of drug-likeness (QED) is 0.192. The molecule has 0 aliphatic heterocycles. The van der Waals surface area contributed by atoms with Crippen LogP contribution in [0.2, 0.25) is 0 Å². The average Bonchev–Trinajstić information content (AvgIpc) is 3.50. The van der Waals surface area contributed by atoms with Gasteiger partial charge >= 0.3 is 0 Å². The van der Waals surface area contributed by atoms with Crippen molar-refractivity contribution in [3.63, 3.8) is 0 Å². The van der Waals surface area contributed by atoms with Crippen LogP contribution < -0.4 is 0 Å². The van der Waals surface area contributed by atoms with Crippen LogP contribution in [0.15, 0.2) is 115 Å². The molecule has 0 amide bonds. The zero-order valence-electron chi connectivity index (χ0n) is 20.6. The van der Waals surface area contributed by atoms with E-state index in [9.17, 15) is 5.11 Å². The molecule has 0 bridgehead atoms. The average molecular weight is 682 g/mol. The molecule has 188 valence electrons. The first-order valence-corrected chi connectivity index (χ1v) is 12.6. The Bertz CT molecular complexity index is 2150. The predicted molar refractivity (Wildman–Crippen MR) is 153 cm³/mol. The second kappa shape index (κ2) is 9.04. The van der Waals surface area contributed by atoms with Gasteiger partial charge in [0, 0.05) is 43.6 Å². The number of aromatic hydroxyl groups is 1. The van der Waals surface area contributed by atoms with E-state index in [-0.39, 0.29) is 26.8 Å². The molecule has 0 aliphatic rings. The van der Waals surface area contributed by atoms with E-state index in [0.717, 1.165) is 44.3 Å². The van der Waals surface area contributed by atoms with Crippen molar-refractivity contribution in [1.29, 1.82) is 0 Å². The molecule has 0 aliphatic carbocycles. The summed E-state index contributed by atoms with van der Waals surface area (Å²) in [6.45, 7) is 0. The Kier molecular flexibility index (Phi) is 5.47. The van der Waals surface area contributed by atoms with E-state index in [1.54, 1.807) is 6.07 Å². The second-order valence-electron chi connectivity index (χ2n) is 9.56. The van der Waals surface area contributed by atoms with Crippen molar-refractivity contribution in [1.82, 2.24) is 14.4 Å². The number of hydrogen-bond acceptors (Lipinski definition) is 3. The normalized spacial score (nSPS) is 11.5. The third-order valence-electron chi connectivity index (χ3n) is 7.38. The number of phenolic OH excluding ortho intramolecular Hbond substituents is 1. The zero-order valence-corrected chi connectivity index (χ0v) is 22.8. The summed E-state index contributed by atoms with van der Waals surface area (Å²) in [6, 6.07) is 40.2. The number of rotatable bonds is 3. The van der Waals surface area contributed by atoms with Crippen molar-refractivity contribution >= 4 is 38.2 Å². The monoisotopic (exact) mass is 681 g/mol. The molecule has 1 N–H and O–H groups in total. The summed E-state index contributed by atoms with van der Waals surface area (Å²) in [5.74, 6) is 0.205. The van der Waals surface area contributed by atoms with Gasteiger partial charge < -0.3 is 9.51 Å². The second-order valence-corrected chi connectivity index (χ2v) is 9.56. The smallest absolute Gasteiger partial charge is 0.144 e. The molecule has 39 heavy (non-hydrogen) atoms. The van der Waals surface area contributed by atoms with E-state index >= 15 is 0 Å². The van der Waals surface area contributed by atoms with Gasteiger partial charge in [-0.05, 0) is 58.1 Å². The summed E-state index contributed by atoms with van der Waals surface area (Å²) in [5.41, 5.74) is 8.30. The van der Waals surface area contributed by atoms with Crippen molar-refractivity contribution in [3.8, 4) is 39.4 Å². The number of para-hydroxylation sites is 2. The minimum atomic E-state index is 0. The van der Waals surface area contributed by atoms with Crippen LogP contribution in [-0.2, 0) is 21.1 Å². The van der Waals surface area contributed by atoms with E-state index in [2.05, 4.69) is 65.1 Å². The van der Waals surface area contributed by atoms with Gasteiger partial charge in [0.1, 0.15) is 11.4 Å². The van der Waals surface area contributed by atoms with Crippen LogP contribution in [0, 0.1) is 6.07 Å². The molecule has 5 heteroatoms. The van der Waals surface area contributed by atoms with Gasteiger partial charge in [0.2, 0.25) is 0 Å². The van der Waals surface area contributed by atoms with Gasteiger partial charge in [0.15, 0.2) is 0 Å². The molecule has 0 spiro atoms. The molecule has 0 radical (unpaired) electrons. The Morgan fingerprint density at radius 1 is 0.641 bits per heavy atom. The van der Waals surface area contributed by atoms with Gasteiger partial charge in [-0.15, -0.1) is 23.8 Å². The molecule has 4 aromatic carbocycles. The van der Waals surface area contributed by atoms with E-state index in [1.807, 2.05) is 54.7 Å². The van der Waals surface area contributed by atoms with Gasteiger partial charge in [-0.25, -0.2) is 4.98 Å². The number of hydrogen-bond donors (Lipinski definition) is 1. The first kappa shape index (κ1) is 23.6. The Balaban J connectivity index is 0.00000253. The number of pyridine rings is 2. The standard InChI is InChI=1S/C34H20N3O.Pt/c38-32-14-5-4-10-28(32)30-19-23(21-8-2-1-3-9-21)18-29(36-30)22-15-16-24-25-11-6-12-26-27-13-7-17-35-34(27)37(33(25)26)31(24)20-22;/h1-19,38H;/q-1;. The number of benzene rings is 4. The van der Waals surface area contributed by atoms with Crippen molar-refractivity contribution in [2.24, 2.45) is 0 Å². The molecule has 0 unspecified atom stereocenters. The molecule has 0 fully saturated rings. The molecule has 4 aromatic heterocycles. The van der Waals surface area contributed by atoms with E-state index in [1.165, 1.54) is 16.3 Å². The topological polar surface area (TPSA) is 50.4 Å². The summed E-state index contributed by atoms with van der Waals surface area (Å²) in [7, 11) is 0. The van der Waals surface area contributed by atoms with Gasteiger partial charge in [0.25, 0.3) is 0 Å². The maximum atomic E-state index is 10.6. The molecule has 8 rings (SSSR count). The van der Waals surface area contributed by atoms with Crippen LogP contribution in [-0.4, -0.2) is 19.5 Å². The third-order valence-corrected chi connectivity index (χ3v) is 7.38. The van der Waals surface area contributed by atoms with Gasteiger partial charge in [0.05, 0.1) is 11.2 Å². The van der Waals surface area contributed by atoms with Crippen molar-refractivity contribution in [2.45, 2.75) is 0 Å². The van der Waals surface area contributed by atoms with Crippen LogP contribution in [0.1, 0.15) is 0 Å². The van der Waals surface area contributed by atoms with Gasteiger partial charge in [-0.1, -0.05) is 72.1 Å². The summed E-state index contributed by atoms with van der Waals surface area (Å²) in [6.07, 6.45) is 1.84. The Morgan fingerprint density at radius 2 is 1.38 bits per heavy atom. The number of fused-ring (bicyclic) bond motifs is 6. The zero-order chi connectivity index (χ0) is 25.2. The predicted octanol–water partition coefficient (Wildman–Crippen LogP) is 8.13. The fraction of sp³-hybridized carbons (Fsp3) is 0. The molecule has 4 nitrogen and oxygen atoms in total. The van der Waals surface area contributed by atoms with Crippen LogP contribution in [0.4, 0.5) is 0 Å². The summed E-state index contributed by atoms with van der Waals surface area (Å²) < 4.78 is 2.23. The SMILES string of the molecule is Oc1ccccc1-c1cc(-c2ccccc2)cc(-c2[c-]c3c(cc2)c2cccc4c5cccnc5n3c24)n1.[Pt]. The molecular weight excluding hydrogens is 661 g/mol. The first-order valence-electron chi connectivity index (χ1n) is 12.6. The third kappa shape index (κ3) is 3.56. The first-order chi connectivity index (χ1) is 18.8. The molecule has 0 atom stereocenters. The molecule has 4 heterocycles. The van der Waals surface area contributed by atoms with Crippen LogP contribution in [0.3, 0.4) is 0 Å². The Hall–Kier alpha value is -4.53.